The van der Waals surface area contributed by atoms with Crippen LogP contribution in [0.1, 0.15) is 5.56 Å². The molecule has 1 aromatic carbocycles. The number of carboxylic acid groups (broad SMARTS) is 1. The SMILES string of the molecule is O=C(O)C1CS(=O)(=O)CCN1C(=O)Cc1cccc(Cl)c1. The third kappa shape index (κ3) is 3.95. The molecule has 2 rings (SSSR count). The minimum Gasteiger partial charge on any atom is -0.480 e. The molecule has 21 heavy (non-hydrogen) atoms. The van der Waals surface area contributed by atoms with E-state index in [2.05, 4.69) is 0 Å². The maximum Gasteiger partial charge on any atom is 0.327 e. The number of carboxylic acids is 1. The van der Waals surface area contributed by atoms with Crippen LogP contribution < -0.4 is 0 Å². The fourth-order valence-corrected chi connectivity index (χ4v) is 3.89. The summed E-state index contributed by atoms with van der Waals surface area (Å²) in [5.74, 6) is -2.47. The summed E-state index contributed by atoms with van der Waals surface area (Å²) in [6.07, 6.45) is -0.00954. The smallest absolute Gasteiger partial charge is 0.327 e. The third-order valence-corrected chi connectivity index (χ3v) is 5.14. The highest BCUT2D eigenvalue weighted by atomic mass is 35.5. The second-order valence-corrected chi connectivity index (χ2v) is 7.53. The Kier molecular flexibility index (Phi) is 4.53. The number of hydrogen-bond donors (Lipinski definition) is 1. The van der Waals surface area contributed by atoms with Crippen LogP contribution in [-0.4, -0.2) is 54.4 Å². The van der Waals surface area contributed by atoms with E-state index in [0.717, 1.165) is 4.90 Å². The largest absolute Gasteiger partial charge is 0.480 e. The van der Waals surface area contributed by atoms with E-state index in [9.17, 15) is 18.0 Å². The third-order valence-electron chi connectivity index (χ3n) is 3.28. The molecule has 0 spiro atoms. The average Bonchev–Trinajstić information content (AvgIpc) is 2.37. The molecule has 1 atom stereocenters. The van der Waals surface area contributed by atoms with Crippen molar-refractivity contribution in [2.75, 3.05) is 18.1 Å². The average molecular weight is 332 g/mol. The number of amides is 1. The summed E-state index contributed by atoms with van der Waals surface area (Å²) in [5, 5.41) is 9.60. The van der Waals surface area contributed by atoms with Gasteiger partial charge in [-0.25, -0.2) is 13.2 Å². The van der Waals surface area contributed by atoms with Crippen molar-refractivity contribution in [2.24, 2.45) is 0 Å². The van der Waals surface area contributed by atoms with Crippen molar-refractivity contribution in [3.05, 3.63) is 34.9 Å². The van der Waals surface area contributed by atoms with Gasteiger partial charge in [-0.2, -0.15) is 0 Å². The lowest BCUT2D eigenvalue weighted by Crippen LogP contribution is -2.55. The number of benzene rings is 1. The molecule has 0 radical (unpaired) electrons. The Balaban J connectivity index is 2.15. The molecular weight excluding hydrogens is 318 g/mol. The molecule has 114 valence electrons. The Hall–Kier alpha value is -1.60. The molecule has 8 heteroatoms. The summed E-state index contributed by atoms with van der Waals surface area (Å²) in [6.45, 7) is -0.0985. The van der Waals surface area contributed by atoms with E-state index in [0.29, 0.717) is 10.6 Å². The summed E-state index contributed by atoms with van der Waals surface area (Å²) in [5.41, 5.74) is 0.657. The van der Waals surface area contributed by atoms with Gasteiger partial charge in [0.1, 0.15) is 6.04 Å². The Morgan fingerprint density at radius 2 is 2.10 bits per heavy atom. The molecule has 1 fully saturated rings. The second kappa shape index (κ2) is 6.03. The van der Waals surface area contributed by atoms with Crippen LogP contribution in [-0.2, 0) is 25.8 Å². The van der Waals surface area contributed by atoms with E-state index in [1.54, 1.807) is 24.3 Å². The molecule has 6 nitrogen and oxygen atoms in total. The van der Waals surface area contributed by atoms with Gasteiger partial charge >= 0.3 is 5.97 Å². The topological polar surface area (TPSA) is 91.8 Å². The lowest BCUT2D eigenvalue weighted by molar-refractivity contribution is -0.149. The Labute approximate surface area is 127 Å². The minimum absolute atomic E-state index is 0.00954. The number of carbonyl (C=O) groups excluding carboxylic acids is 1. The van der Waals surface area contributed by atoms with Gasteiger partial charge in [0.05, 0.1) is 17.9 Å². The first-order valence-corrected chi connectivity index (χ1v) is 8.45. The number of hydrogen-bond acceptors (Lipinski definition) is 4. The van der Waals surface area contributed by atoms with Crippen LogP contribution in [0.3, 0.4) is 0 Å². The first-order valence-electron chi connectivity index (χ1n) is 6.25. The van der Waals surface area contributed by atoms with Gasteiger partial charge in [0.25, 0.3) is 0 Å². The van der Waals surface area contributed by atoms with E-state index in [-0.39, 0.29) is 18.7 Å². The number of rotatable bonds is 3. The standard InChI is InChI=1S/C13H14ClNO5S/c14-10-3-1-2-9(6-10)7-12(16)15-4-5-21(19,20)8-11(15)13(17)18/h1-3,6,11H,4-5,7-8H2,(H,17,18). The lowest BCUT2D eigenvalue weighted by atomic mass is 10.1. The van der Waals surface area contributed by atoms with Crippen molar-refractivity contribution in [3.8, 4) is 0 Å². The first-order chi connectivity index (χ1) is 9.78. The van der Waals surface area contributed by atoms with E-state index >= 15 is 0 Å². The highest BCUT2D eigenvalue weighted by molar-refractivity contribution is 7.91. The maximum absolute atomic E-state index is 12.2. The highest BCUT2D eigenvalue weighted by Crippen LogP contribution is 2.16. The predicted octanol–water partition coefficient (Wildman–Crippen LogP) is 0.593. The van der Waals surface area contributed by atoms with Crippen LogP contribution >= 0.6 is 11.6 Å². The van der Waals surface area contributed by atoms with Crippen molar-refractivity contribution >= 4 is 33.3 Å². The quantitative estimate of drug-likeness (QED) is 0.875. The molecule has 1 aliphatic heterocycles. The van der Waals surface area contributed by atoms with Gasteiger partial charge in [0.2, 0.25) is 5.91 Å². The molecule has 1 unspecified atom stereocenters. The molecule has 0 aromatic heterocycles. The summed E-state index contributed by atoms with van der Waals surface area (Å²) >= 11 is 5.83. The van der Waals surface area contributed by atoms with E-state index < -0.39 is 33.5 Å². The Morgan fingerprint density at radius 1 is 1.38 bits per heavy atom. The van der Waals surface area contributed by atoms with Crippen LogP contribution in [0.4, 0.5) is 0 Å². The molecule has 1 aromatic rings. The maximum atomic E-state index is 12.2. The van der Waals surface area contributed by atoms with Crippen molar-refractivity contribution < 1.29 is 23.1 Å². The normalized spacial score (nSPS) is 21.0. The fraction of sp³-hybridized carbons (Fsp3) is 0.385. The van der Waals surface area contributed by atoms with Gasteiger partial charge in [-0.3, -0.25) is 4.79 Å². The number of sulfone groups is 1. The van der Waals surface area contributed by atoms with Crippen molar-refractivity contribution in [1.82, 2.24) is 4.90 Å². The molecule has 0 bridgehead atoms. The van der Waals surface area contributed by atoms with Gasteiger partial charge in [0, 0.05) is 11.6 Å². The zero-order valence-electron chi connectivity index (χ0n) is 11.0. The monoisotopic (exact) mass is 331 g/mol. The lowest BCUT2D eigenvalue weighted by Gasteiger charge is -2.32. The summed E-state index contributed by atoms with van der Waals surface area (Å²) in [4.78, 5) is 24.5. The Bertz CT molecular complexity index is 673. The summed E-state index contributed by atoms with van der Waals surface area (Å²) < 4.78 is 23.0. The molecular formula is C13H14ClNO5S. The Morgan fingerprint density at radius 3 is 2.71 bits per heavy atom. The molecule has 0 aliphatic carbocycles. The van der Waals surface area contributed by atoms with Gasteiger partial charge in [-0.15, -0.1) is 0 Å². The fourth-order valence-electron chi connectivity index (χ4n) is 2.23. The molecule has 1 aliphatic rings. The molecule has 1 amide bonds. The van der Waals surface area contributed by atoms with Crippen molar-refractivity contribution in [3.63, 3.8) is 0 Å². The van der Waals surface area contributed by atoms with Gasteiger partial charge in [-0.05, 0) is 17.7 Å². The van der Waals surface area contributed by atoms with Gasteiger partial charge < -0.3 is 10.0 Å². The zero-order valence-corrected chi connectivity index (χ0v) is 12.6. The van der Waals surface area contributed by atoms with Gasteiger partial charge in [-0.1, -0.05) is 23.7 Å². The molecule has 0 saturated carbocycles. The van der Waals surface area contributed by atoms with E-state index in [1.807, 2.05) is 0 Å². The van der Waals surface area contributed by atoms with Crippen LogP contribution in [0.25, 0.3) is 0 Å². The molecule has 1 heterocycles. The number of aliphatic carboxylic acids is 1. The van der Waals surface area contributed by atoms with Crippen LogP contribution in [0.2, 0.25) is 5.02 Å². The highest BCUT2D eigenvalue weighted by Gasteiger charge is 2.38. The van der Waals surface area contributed by atoms with E-state index in [1.165, 1.54) is 0 Å². The number of carbonyl (C=O) groups is 2. The predicted molar refractivity (Wildman–Crippen MR) is 76.9 cm³/mol. The minimum atomic E-state index is -3.42. The van der Waals surface area contributed by atoms with Crippen LogP contribution in [0.5, 0.6) is 0 Å². The zero-order chi connectivity index (χ0) is 15.6. The summed E-state index contributed by atoms with van der Waals surface area (Å²) in [7, 11) is -3.42. The van der Waals surface area contributed by atoms with Crippen LogP contribution in [0.15, 0.2) is 24.3 Å². The van der Waals surface area contributed by atoms with Gasteiger partial charge in [0.15, 0.2) is 9.84 Å². The molecule has 1 N–H and O–H groups in total. The summed E-state index contributed by atoms with van der Waals surface area (Å²) in [6, 6.07) is 5.37. The van der Waals surface area contributed by atoms with Crippen molar-refractivity contribution in [1.29, 1.82) is 0 Å². The molecule has 1 saturated heterocycles. The van der Waals surface area contributed by atoms with Crippen LogP contribution in [0, 0.1) is 0 Å². The number of halogens is 1. The second-order valence-electron chi connectivity index (χ2n) is 4.86. The number of nitrogens with zero attached hydrogens (tertiary/aromatic N) is 1. The van der Waals surface area contributed by atoms with E-state index in [4.69, 9.17) is 16.7 Å². The first kappa shape index (κ1) is 15.8. The van der Waals surface area contributed by atoms with Crippen molar-refractivity contribution in [2.45, 2.75) is 12.5 Å².